The zero-order chi connectivity index (χ0) is 13.6. The topological polar surface area (TPSA) is 46.2 Å². The molecule has 1 aromatic rings. The average Bonchev–Trinajstić information content (AvgIpc) is 2.29. The molecule has 2 rings (SSSR count). The molecule has 2 unspecified atom stereocenters. The summed E-state index contributed by atoms with van der Waals surface area (Å²) in [6.07, 6.45) is 0.606. The molecule has 1 aliphatic rings. The molecular formula is C12H15ClFNO2S. The van der Waals surface area contributed by atoms with Crippen LogP contribution in [0.25, 0.3) is 0 Å². The van der Waals surface area contributed by atoms with Gasteiger partial charge in [-0.05, 0) is 36.1 Å². The molecular weight excluding hydrogens is 277 g/mol. The van der Waals surface area contributed by atoms with Gasteiger partial charge in [0.2, 0.25) is 10.0 Å². The molecule has 0 bridgehead atoms. The second-order valence-corrected chi connectivity index (χ2v) is 7.39. The molecule has 0 spiro atoms. The van der Waals surface area contributed by atoms with Gasteiger partial charge in [0.15, 0.2) is 0 Å². The maximum absolute atomic E-state index is 12.8. The molecule has 2 atom stereocenters. The van der Waals surface area contributed by atoms with Gasteiger partial charge in [-0.3, -0.25) is 0 Å². The van der Waals surface area contributed by atoms with Crippen molar-refractivity contribution < 1.29 is 12.8 Å². The number of alkyl halides is 1. The summed E-state index contributed by atoms with van der Waals surface area (Å²) in [4.78, 5) is 0.0673. The van der Waals surface area contributed by atoms with Crippen LogP contribution in [0, 0.1) is 11.2 Å². The number of hydrogen-bond acceptors (Lipinski definition) is 2. The lowest BCUT2D eigenvalue weighted by Gasteiger charge is -2.48. The van der Waals surface area contributed by atoms with Crippen LogP contribution in [0.5, 0.6) is 0 Å². The highest BCUT2D eigenvalue weighted by Crippen LogP contribution is 2.44. The third-order valence-electron chi connectivity index (χ3n) is 3.57. The van der Waals surface area contributed by atoms with Crippen molar-refractivity contribution in [3.8, 4) is 0 Å². The van der Waals surface area contributed by atoms with E-state index in [1.807, 2.05) is 13.8 Å². The van der Waals surface area contributed by atoms with E-state index in [0.29, 0.717) is 6.42 Å². The van der Waals surface area contributed by atoms with E-state index >= 15 is 0 Å². The minimum atomic E-state index is -3.61. The lowest BCUT2D eigenvalue weighted by molar-refractivity contribution is 0.137. The molecule has 6 heteroatoms. The van der Waals surface area contributed by atoms with Crippen LogP contribution < -0.4 is 4.72 Å². The van der Waals surface area contributed by atoms with Gasteiger partial charge in [-0.2, -0.15) is 0 Å². The molecule has 18 heavy (non-hydrogen) atoms. The third-order valence-corrected chi connectivity index (χ3v) is 5.80. The summed E-state index contributed by atoms with van der Waals surface area (Å²) in [6.45, 7) is 3.85. The van der Waals surface area contributed by atoms with E-state index < -0.39 is 15.8 Å². The molecule has 1 N–H and O–H groups in total. The molecule has 0 radical (unpaired) electrons. The van der Waals surface area contributed by atoms with Crippen LogP contribution in [0.3, 0.4) is 0 Å². The van der Waals surface area contributed by atoms with Gasteiger partial charge in [0.1, 0.15) is 5.82 Å². The molecule has 3 nitrogen and oxygen atoms in total. The smallest absolute Gasteiger partial charge is 0.207 e. The number of hydrogen-bond donors (Lipinski definition) is 1. The minimum Gasteiger partial charge on any atom is -0.207 e. The first-order valence-corrected chi connectivity index (χ1v) is 7.57. The Labute approximate surface area is 111 Å². The molecule has 1 fully saturated rings. The van der Waals surface area contributed by atoms with Crippen LogP contribution in [0.1, 0.15) is 20.3 Å². The Morgan fingerprint density at radius 1 is 1.33 bits per heavy atom. The van der Waals surface area contributed by atoms with Crippen LogP contribution in [0.15, 0.2) is 29.2 Å². The average molecular weight is 292 g/mol. The van der Waals surface area contributed by atoms with Crippen LogP contribution in [0.4, 0.5) is 4.39 Å². The van der Waals surface area contributed by atoms with Gasteiger partial charge >= 0.3 is 0 Å². The van der Waals surface area contributed by atoms with Crippen molar-refractivity contribution in [2.24, 2.45) is 5.41 Å². The molecule has 0 aromatic heterocycles. The van der Waals surface area contributed by atoms with Gasteiger partial charge in [0.25, 0.3) is 0 Å². The fourth-order valence-electron chi connectivity index (χ4n) is 1.94. The molecule has 0 heterocycles. The first-order chi connectivity index (χ1) is 8.23. The summed E-state index contributed by atoms with van der Waals surface area (Å²) in [5.41, 5.74) is -0.269. The Kier molecular flexibility index (Phi) is 3.42. The van der Waals surface area contributed by atoms with E-state index in [4.69, 9.17) is 11.6 Å². The van der Waals surface area contributed by atoms with Crippen molar-refractivity contribution in [1.29, 1.82) is 0 Å². The summed E-state index contributed by atoms with van der Waals surface area (Å²) in [7, 11) is -3.61. The first kappa shape index (κ1) is 13.8. The predicted octanol–water partition coefficient (Wildman–Crippen LogP) is 2.51. The molecule has 1 saturated carbocycles. The fourth-order valence-corrected chi connectivity index (χ4v) is 3.68. The highest BCUT2D eigenvalue weighted by Gasteiger charge is 2.48. The van der Waals surface area contributed by atoms with Gasteiger partial charge in [-0.25, -0.2) is 17.5 Å². The second kappa shape index (κ2) is 4.47. The molecule has 0 saturated heterocycles. The lowest BCUT2D eigenvalue weighted by atomic mass is 9.67. The highest BCUT2D eigenvalue weighted by molar-refractivity contribution is 7.89. The van der Waals surface area contributed by atoms with Crippen molar-refractivity contribution in [3.63, 3.8) is 0 Å². The van der Waals surface area contributed by atoms with Gasteiger partial charge in [-0.15, -0.1) is 11.6 Å². The first-order valence-electron chi connectivity index (χ1n) is 5.65. The summed E-state index contributed by atoms with van der Waals surface area (Å²) in [6, 6.07) is 4.58. The quantitative estimate of drug-likeness (QED) is 0.870. The Hall–Kier alpha value is -0.650. The number of rotatable bonds is 3. The molecule has 100 valence electrons. The standard InChI is InChI=1S/C12H15ClFNO2S/c1-12(2)10(13)7-11(12)15-18(16,17)9-5-3-8(14)4-6-9/h3-6,10-11,15H,7H2,1-2H3. The minimum absolute atomic E-state index is 0.0292. The number of nitrogens with one attached hydrogen (secondary N) is 1. The zero-order valence-electron chi connectivity index (χ0n) is 10.2. The van der Waals surface area contributed by atoms with E-state index in [2.05, 4.69) is 4.72 Å². The maximum atomic E-state index is 12.8. The SMILES string of the molecule is CC1(C)C(Cl)CC1NS(=O)(=O)c1ccc(F)cc1. The van der Waals surface area contributed by atoms with Crippen LogP contribution in [0.2, 0.25) is 0 Å². The van der Waals surface area contributed by atoms with E-state index in [0.717, 1.165) is 12.1 Å². The van der Waals surface area contributed by atoms with Crippen molar-refractivity contribution in [2.45, 2.75) is 36.6 Å². The Morgan fingerprint density at radius 2 is 1.89 bits per heavy atom. The second-order valence-electron chi connectivity index (χ2n) is 5.15. The molecule has 1 aromatic carbocycles. The summed E-state index contributed by atoms with van der Waals surface area (Å²) >= 11 is 6.05. The number of benzene rings is 1. The fraction of sp³-hybridized carbons (Fsp3) is 0.500. The van der Waals surface area contributed by atoms with E-state index in [1.54, 1.807) is 0 Å². The Bertz CT molecular complexity index is 542. The highest BCUT2D eigenvalue weighted by atomic mass is 35.5. The van der Waals surface area contributed by atoms with Crippen molar-refractivity contribution in [3.05, 3.63) is 30.1 Å². The van der Waals surface area contributed by atoms with Crippen LogP contribution in [-0.2, 0) is 10.0 Å². The van der Waals surface area contributed by atoms with E-state index in [9.17, 15) is 12.8 Å². The lowest BCUT2D eigenvalue weighted by Crippen LogP contribution is -2.59. The van der Waals surface area contributed by atoms with Gasteiger partial charge < -0.3 is 0 Å². The van der Waals surface area contributed by atoms with Crippen LogP contribution in [-0.4, -0.2) is 19.8 Å². The zero-order valence-corrected chi connectivity index (χ0v) is 11.7. The number of halogens is 2. The summed E-state index contributed by atoms with van der Waals surface area (Å²) < 4.78 is 39.5. The summed E-state index contributed by atoms with van der Waals surface area (Å²) in [5, 5.41) is -0.0292. The molecule has 0 aliphatic heterocycles. The van der Waals surface area contributed by atoms with Crippen LogP contribution >= 0.6 is 11.6 Å². The van der Waals surface area contributed by atoms with Crippen molar-refractivity contribution >= 4 is 21.6 Å². The summed E-state index contributed by atoms with van der Waals surface area (Å²) in [5.74, 6) is -0.459. The van der Waals surface area contributed by atoms with Crippen molar-refractivity contribution in [1.82, 2.24) is 4.72 Å². The van der Waals surface area contributed by atoms with E-state index in [-0.39, 0.29) is 21.7 Å². The number of sulfonamides is 1. The normalized spacial score (nSPS) is 26.7. The van der Waals surface area contributed by atoms with Crippen molar-refractivity contribution in [2.75, 3.05) is 0 Å². The predicted molar refractivity (Wildman–Crippen MR) is 68.5 cm³/mol. The Morgan fingerprint density at radius 3 is 2.33 bits per heavy atom. The maximum Gasteiger partial charge on any atom is 0.240 e. The van der Waals surface area contributed by atoms with E-state index in [1.165, 1.54) is 12.1 Å². The monoisotopic (exact) mass is 291 g/mol. The van der Waals surface area contributed by atoms with Gasteiger partial charge in [0.05, 0.1) is 4.90 Å². The molecule has 0 amide bonds. The molecule has 1 aliphatic carbocycles. The Balaban J connectivity index is 2.16. The third kappa shape index (κ3) is 2.39. The van der Waals surface area contributed by atoms with Gasteiger partial charge in [0, 0.05) is 11.4 Å². The largest absolute Gasteiger partial charge is 0.240 e. The van der Waals surface area contributed by atoms with Gasteiger partial charge in [-0.1, -0.05) is 13.8 Å².